The number of esters is 1. The first-order chi connectivity index (χ1) is 17.0. The molecule has 1 aliphatic rings. The van der Waals surface area contributed by atoms with Crippen molar-refractivity contribution in [3.63, 3.8) is 0 Å². The summed E-state index contributed by atoms with van der Waals surface area (Å²) in [5.41, 5.74) is 2.05. The number of amides is 1. The zero-order valence-electron chi connectivity index (χ0n) is 22.4. The molecule has 0 unspecified atom stereocenters. The van der Waals surface area contributed by atoms with Crippen LogP contribution in [-0.2, 0) is 26.9 Å². The van der Waals surface area contributed by atoms with Gasteiger partial charge in [0, 0.05) is 19.7 Å². The van der Waals surface area contributed by atoms with Gasteiger partial charge in [-0.25, -0.2) is 4.79 Å². The lowest BCUT2D eigenvalue weighted by molar-refractivity contribution is -0.00692. The van der Waals surface area contributed by atoms with Gasteiger partial charge in [-0.05, 0) is 54.6 Å². The van der Waals surface area contributed by atoms with E-state index < -0.39 is 14.3 Å². The molecule has 0 aliphatic carbocycles. The molecule has 0 bridgehead atoms. The summed E-state index contributed by atoms with van der Waals surface area (Å²) in [4.78, 5) is 27.4. The fourth-order valence-electron chi connectivity index (χ4n) is 3.84. The molecule has 1 atom stereocenters. The van der Waals surface area contributed by atoms with Gasteiger partial charge in [0.2, 0.25) is 0 Å². The molecule has 1 aliphatic heterocycles. The minimum Gasteiger partial charge on any atom is -0.464 e. The van der Waals surface area contributed by atoms with Gasteiger partial charge in [-0.1, -0.05) is 51.1 Å². The average molecular weight is 514 g/mol. The van der Waals surface area contributed by atoms with E-state index in [4.69, 9.17) is 13.9 Å². The first-order valence-corrected chi connectivity index (χ1v) is 15.5. The molecular weight excluding hydrogens is 474 g/mol. The fraction of sp³-hybridized carbons (Fsp3) is 0.556. The summed E-state index contributed by atoms with van der Waals surface area (Å²) in [6, 6.07) is 11.7. The second-order valence-electron chi connectivity index (χ2n) is 10.8. The summed E-state index contributed by atoms with van der Waals surface area (Å²) in [5, 5.41) is 8.23. The molecule has 0 spiro atoms. The number of ether oxygens (including phenoxy) is 2. The predicted molar refractivity (Wildman–Crippen MR) is 140 cm³/mol. The topological polar surface area (TPSA) is 90.9 Å². The molecule has 2 heterocycles. The van der Waals surface area contributed by atoms with Crippen molar-refractivity contribution in [1.29, 1.82) is 0 Å². The molecule has 1 fully saturated rings. The molecule has 1 aromatic carbocycles. The van der Waals surface area contributed by atoms with Crippen molar-refractivity contribution in [3.8, 4) is 0 Å². The van der Waals surface area contributed by atoms with Gasteiger partial charge in [0.15, 0.2) is 19.7 Å². The van der Waals surface area contributed by atoms with Crippen molar-refractivity contribution in [1.82, 2.24) is 15.1 Å². The second-order valence-corrected chi connectivity index (χ2v) is 15.6. The molecule has 8 nitrogen and oxygen atoms in total. The number of benzene rings is 1. The first-order valence-electron chi connectivity index (χ1n) is 12.6. The van der Waals surface area contributed by atoms with E-state index in [2.05, 4.69) is 44.1 Å². The van der Waals surface area contributed by atoms with Crippen LogP contribution < -0.4 is 0 Å². The van der Waals surface area contributed by atoms with Gasteiger partial charge in [-0.3, -0.25) is 4.79 Å². The summed E-state index contributed by atoms with van der Waals surface area (Å²) in [6.45, 7) is 13.0. The maximum atomic E-state index is 13.3. The Morgan fingerprint density at radius 1 is 1.14 bits per heavy atom. The summed E-state index contributed by atoms with van der Waals surface area (Å²) < 4.78 is 17.3. The quantitative estimate of drug-likeness (QED) is 0.356. The second kappa shape index (κ2) is 12.1. The van der Waals surface area contributed by atoms with E-state index in [0.717, 1.165) is 18.4 Å². The molecule has 0 radical (unpaired) electrons. The predicted octanol–water partition coefficient (Wildman–Crippen LogP) is 4.65. The Balaban J connectivity index is 1.69. The Labute approximate surface area is 215 Å². The number of methoxy groups -OCH3 is 1. The number of carbonyl (C=O) groups is 2. The Hall–Kier alpha value is -2.62. The van der Waals surface area contributed by atoms with Crippen LogP contribution in [0.2, 0.25) is 18.1 Å². The number of piperidine rings is 1. The maximum absolute atomic E-state index is 13.3. The van der Waals surface area contributed by atoms with Crippen molar-refractivity contribution in [3.05, 3.63) is 58.9 Å². The maximum Gasteiger partial charge on any atom is 0.358 e. The van der Waals surface area contributed by atoms with Gasteiger partial charge < -0.3 is 18.8 Å². The minimum atomic E-state index is -1.96. The Bertz CT molecular complexity index is 1040. The minimum absolute atomic E-state index is 0.0392. The van der Waals surface area contributed by atoms with Gasteiger partial charge in [0.1, 0.15) is 0 Å². The van der Waals surface area contributed by atoms with E-state index >= 15 is 0 Å². The molecule has 9 heteroatoms. The van der Waals surface area contributed by atoms with Crippen LogP contribution in [0.15, 0.2) is 36.4 Å². The highest BCUT2D eigenvalue weighted by Crippen LogP contribution is 2.36. The van der Waals surface area contributed by atoms with Crippen LogP contribution in [0.25, 0.3) is 0 Å². The number of rotatable bonds is 9. The fourth-order valence-corrected chi connectivity index (χ4v) is 4.88. The largest absolute Gasteiger partial charge is 0.464 e. The first kappa shape index (κ1) is 28.0. The zero-order chi connectivity index (χ0) is 26.3. The number of aromatic nitrogens is 2. The van der Waals surface area contributed by atoms with E-state index in [9.17, 15) is 9.59 Å². The summed E-state index contributed by atoms with van der Waals surface area (Å²) in [5.74, 6) is -0.783. The highest BCUT2D eigenvalue weighted by Gasteiger charge is 2.37. The van der Waals surface area contributed by atoms with Crippen LogP contribution >= 0.6 is 0 Å². The van der Waals surface area contributed by atoms with Crippen LogP contribution in [-0.4, -0.2) is 68.2 Å². The molecule has 2 aromatic rings. The van der Waals surface area contributed by atoms with E-state index in [1.165, 1.54) is 7.11 Å². The number of nitrogens with zero attached hydrogens (tertiary/aromatic N) is 3. The molecule has 36 heavy (non-hydrogen) atoms. The third-order valence-electron chi connectivity index (χ3n) is 7.11. The van der Waals surface area contributed by atoms with Crippen molar-refractivity contribution in [2.24, 2.45) is 0 Å². The lowest BCUT2D eigenvalue weighted by Crippen LogP contribution is -2.43. The lowest BCUT2D eigenvalue weighted by atomic mass is 10.1. The van der Waals surface area contributed by atoms with E-state index in [1.807, 2.05) is 30.3 Å². The number of likely N-dealkylation sites (tertiary alicyclic amines) is 1. The molecule has 1 aromatic heterocycles. The van der Waals surface area contributed by atoms with Gasteiger partial charge >= 0.3 is 5.97 Å². The third-order valence-corrected chi connectivity index (χ3v) is 11.6. The van der Waals surface area contributed by atoms with Crippen molar-refractivity contribution in [2.75, 3.05) is 26.8 Å². The van der Waals surface area contributed by atoms with E-state index in [-0.39, 0.29) is 28.4 Å². The molecule has 1 saturated heterocycles. The van der Waals surface area contributed by atoms with Gasteiger partial charge in [-0.2, -0.15) is 0 Å². The molecule has 0 N–H and O–H groups in total. The van der Waals surface area contributed by atoms with Gasteiger partial charge in [-0.15, -0.1) is 10.2 Å². The number of hydrogen-bond acceptors (Lipinski definition) is 7. The van der Waals surface area contributed by atoms with Crippen LogP contribution in [0.1, 0.15) is 65.7 Å². The number of carbonyl (C=O) groups excluding carboxylic acids is 2. The Morgan fingerprint density at radius 2 is 1.86 bits per heavy atom. The Kier molecular flexibility index (Phi) is 9.38. The summed E-state index contributed by atoms with van der Waals surface area (Å²) >= 11 is 0. The van der Waals surface area contributed by atoms with Crippen molar-refractivity contribution >= 4 is 20.2 Å². The number of hydrogen-bond donors (Lipinski definition) is 0. The van der Waals surface area contributed by atoms with Crippen LogP contribution in [0.5, 0.6) is 0 Å². The normalized spacial score (nSPS) is 16.6. The van der Waals surface area contributed by atoms with E-state index in [1.54, 1.807) is 11.0 Å². The van der Waals surface area contributed by atoms with Crippen LogP contribution in [0.3, 0.4) is 0 Å². The SMILES string of the molecule is COC(=O)c1nnc(C(=O)N2CCC[C@@H](OCc3ccccc3)C2)cc1CCO[Si](C)(C)C(C)(C)C. The summed E-state index contributed by atoms with van der Waals surface area (Å²) in [6.07, 6.45) is 2.16. The van der Waals surface area contributed by atoms with E-state index in [0.29, 0.717) is 38.3 Å². The van der Waals surface area contributed by atoms with Gasteiger partial charge in [0.05, 0.1) is 19.8 Å². The van der Waals surface area contributed by atoms with Gasteiger partial charge in [0.25, 0.3) is 5.91 Å². The standard InChI is InChI=1S/C27H39N3O5Si/c1-27(2,3)36(5,6)35-16-14-21-17-23(28-29-24(21)26(32)33-4)25(31)30-15-10-13-22(18-30)34-19-20-11-8-7-9-12-20/h7-9,11-12,17,22H,10,13-16,18-19H2,1-6H3/t22-/m1/s1. The lowest BCUT2D eigenvalue weighted by Gasteiger charge is -2.36. The third kappa shape index (κ3) is 7.21. The molecule has 0 saturated carbocycles. The smallest absolute Gasteiger partial charge is 0.358 e. The summed E-state index contributed by atoms with van der Waals surface area (Å²) in [7, 11) is -0.648. The monoisotopic (exact) mass is 513 g/mol. The average Bonchev–Trinajstić information content (AvgIpc) is 2.86. The highest BCUT2D eigenvalue weighted by atomic mass is 28.4. The van der Waals surface area contributed by atoms with Crippen LogP contribution in [0, 0.1) is 0 Å². The molecular formula is C27H39N3O5Si. The molecule has 3 rings (SSSR count). The zero-order valence-corrected chi connectivity index (χ0v) is 23.4. The Morgan fingerprint density at radius 3 is 2.53 bits per heavy atom. The molecule has 1 amide bonds. The molecule has 196 valence electrons. The van der Waals surface area contributed by atoms with Crippen LogP contribution in [0.4, 0.5) is 0 Å². The van der Waals surface area contributed by atoms with Crippen molar-refractivity contribution in [2.45, 2.75) is 70.9 Å². The van der Waals surface area contributed by atoms with Crippen molar-refractivity contribution < 1.29 is 23.5 Å². The highest BCUT2D eigenvalue weighted by molar-refractivity contribution is 6.74.